The third-order valence-electron chi connectivity index (χ3n) is 5.67. The van der Waals surface area contributed by atoms with Crippen molar-refractivity contribution in [1.82, 2.24) is 19.1 Å². The number of aryl methyl sites for hydroxylation is 1. The van der Waals surface area contributed by atoms with Gasteiger partial charge in [-0.15, -0.1) is 0 Å². The van der Waals surface area contributed by atoms with Gasteiger partial charge in [-0.05, 0) is 42.7 Å². The Morgan fingerprint density at radius 2 is 1.81 bits per heavy atom. The van der Waals surface area contributed by atoms with Crippen LogP contribution in [0.2, 0.25) is 0 Å². The number of nitrogens with zero attached hydrogens (tertiary/aromatic N) is 4. The Balaban J connectivity index is 1.82. The van der Waals surface area contributed by atoms with Crippen molar-refractivity contribution in [3.8, 4) is 11.1 Å². The maximum atomic E-state index is 13.2. The third kappa shape index (κ3) is 2.47. The lowest BCUT2D eigenvalue weighted by atomic mass is 10.0. The quantitative estimate of drug-likeness (QED) is 0.502. The molecule has 3 heterocycles. The lowest BCUT2D eigenvalue weighted by Crippen LogP contribution is -2.24. The minimum absolute atomic E-state index is 0.0139. The minimum Gasteiger partial charge on any atom is -0.293 e. The van der Waals surface area contributed by atoms with E-state index >= 15 is 0 Å². The zero-order valence-electron chi connectivity index (χ0n) is 15.0. The van der Waals surface area contributed by atoms with Crippen molar-refractivity contribution in [1.29, 1.82) is 0 Å². The summed E-state index contributed by atoms with van der Waals surface area (Å²) >= 11 is 0. The first kappa shape index (κ1) is 16.2. The molecule has 0 aliphatic heterocycles. The number of hydrogen-bond donors (Lipinski definition) is 0. The van der Waals surface area contributed by atoms with E-state index < -0.39 is 5.95 Å². The Hall–Kier alpha value is -3.02. The lowest BCUT2D eigenvalue weighted by Gasteiger charge is -2.13. The summed E-state index contributed by atoms with van der Waals surface area (Å²) in [5.41, 5.74) is 4.41. The van der Waals surface area contributed by atoms with Gasteiger partial charge in [-0.25, -0.2) is 9.78 Å². The standard InChI is InChI=1S/C21H19FN4O/c1-25-18-12-23-17-8-6-13(14-7-9-19(22)24-11-14)10-16(17)20(18)26(21(25)27)15-4-2-3-5-15/h6-12,15H,2-5H2,1H3. The second-order valence-electron chi connectivity index (χ2n) is 7.24. The first-order chi connectivity index (χ1) is 13.1. The normalized spacial score (nSPS) is 15.2. The van der Waals surface area contributed by atoms with E-state index in [9.17, 15) is 9.18 Å². The second-order valence-corrected chi connectivity index (χ2v) is 7.24. The van der Waals surface area contributed by atoms with Crippen LogP contribution >= 0.6 is 0 Å². The maximum absolute atomic E-state index is 13.2. The van der Waals surface area contributed by atoms with Crippen LogP contribution in [0.4, 0.5) is 4.39 Å². The Labute approximate surface area is 155 Å². The molecule has 5 nitrogen and oxygen atoms in total. The number of rotatable bonds is 2. The van der Waals surface area contributed by atoms with E-state index in [4.69, 9.17) is 0 Å². The molecule has 0 amide bonds. The largest absolute Gasteiger partial charge is 0.329 e. The Kier molecular flexibility index (Phi) is 3.60. The maximum Gasteiger partial charge on any atom is 0.329 e. The molecule has 4 aromatic rings. The Morgan fingerprint density at radius 3 is 2.56 bits per heavy atom. The van der Waals surface area contributed by atoms with Crippen molar-refractivity contribution in [3.63, 3.8) is 0 Å². The predicted molar refractivity (Wildman–Crippen MR) is 103 cm³/mol. The van der Waals surface area contributed by atoms with Crippen LogP contribution < -0.4 is 5.69 Å². The van der Waals surface area contributed by atoms with E-state index in [1.807, 2.05) is 22.8 Å². The van der Waals surface area contributed by atoms with Gasteiger partial charge in [0, 0.05) is 30.2 Å². The SMILES string of the molecule is Cn1c(=O)n(C2CCCC2)c2c3cc(-c4ccc(F)nc4)ccc3ncc21. The van der Waals surface area contributed by atoms with Crippen LogP contribution in [0.3, 0.4) is 0 Å². The van der Waals surface area contributed by atoms with Gasteiger partial charge in [0.2, 0.25) is 5.95 Å². The van der Waals surface area contributed by atoms with Gasteiger partial charge in [0.15, 0.2) is 0 Å². The molecular formula is C21H19FN4O. The van der Waals surface area contributed by atoms with E-state index in [1.54, 1.807) is 23.9 Å². The van der Waals surface area contributed by atoms with Crippen molar-refractivity contribution < 1.29 is 4.39 Å². The van der Waals surface area contributed by atoms with Gasteiger partial charge < -0.3 is 0 Å². The van der Waals surface area contributed by atoms with Crippen molar-refractivity contribution in [2.45, 2.75) is 31.7 Å². The van der Waals surface area contributed by atoms with E-state index in [1.165, 1.54) is 12.3 Å². The zero-order chi connectivity index (χ0) is 18.5. The molecule has 0 saturated heterocycles. The average Bonchev–Trinajstić information content (AvgIpc) is 3.29. The van der Waals surface area contributed by atoms with Crippen molar-refractivity contribution in [2.24, 2.45) is 7.05 Å². The van der Waals surface area contributed by atoms with E-state index in [-0.39, 0.29) is 11.7 Å². The summed E-state index contributed by atoms with van der Waals surface area (Å²) in [5, 5.41) is 0.943. The fourth-order valence-corrected chi connectivity index (χ4v) is 4.25. The molecule has 3 aromatic heterocycles. The van der Waals surface area contributed by atoms with Gasteiger partial charge >= 0.3 is 5.69 Å². The summed E-state index contributed by atoms with van der Waals surface area (Å²) in [5.74, 6) is -0.498. The molecule has 6 heteroatoms. The zero-order valence-corrected chi connectivity index (χ0v) is 15.0. The lowest BCUT2D eigenvalue weighted by molar-refractivity contribution is 0.510. The molecule has 0 spiro atoms. The monoisotopic (exact) mass is 362 g/mol. The number of fused-ring (bicyclic) bond motifs is 3. The highest BCUT2D eigenvalue weighted by atomic mass is 19.1. The summed E-state index contributed by atoms with van der Waals surface area (Å²) in [4.78, 5) is 21.3. The van der Waals surface area contributed by atoms with Gasteiger partial charge in [-0.2, -0.15) is 4.39 Å². The number of imidazole rings is 1. The van der Waals surface area contributed by atoms with Crippen molar-refractivity contribution in [3.05, 3.63) is 59.2 Å². The van der Waals surface area contributed by atoms with E-state index in [0.717, 1.165) is 58.7 Å². The Morgan fingerprint density at radius 1 is 1.04 bits per heavy atom. The van der Waals surface area contributed by atoms with Gasteiger partial charge in [0.1, 0.15) is 0 Å². The van der Waals surface area contributed by atoms with Crippen LogP contribution in [-0.4, -0.2) is 19.1 Å². The molecular weight excluding hydrogens is 343 g/mol. The van der Waals surface area contributed by atoms with Gasteiger partial charge in [-0.3, -0.25) is 14.1 Å². The number of hydrogen-bond acceptors (Lipinski definition) is 3. The second kappa shape index (κ2) is 6.01. The predicted octanol–water partition coefficient (Wildman–Crippen LogP) is 4.20. The molecule has 0 unspecified atom stereocenters. The molecule has 0 radical (unpaired) electrons. The number of benzene rings is 1. The van der Waals surface area contributed by atoms with Crippen molar-refractivity contribution >= 4 is 21.9 Å². The average molecular weight is 362 g/mol. The fraction of sp³-hybridized carbons (Fsp3) is 0.286. The van der Waals surface area contributed by atoms with Gasteiger partial charge in [0.25, 0.3) is 0 Å². The van der Waals surface area contributed by atoms with Gasteiger partial charge in [-0.1, -0.05) is 18.9 Å². The molecule has 27 heavy (non-hydrogen) atoms. The minimum atomic E-state index is -0.498. The van der Waals surface area contributed by atoms with Crippen LogP contribution in [0.25, 0.3) is 33.1 Å². The highest BCUT2D eigenvalue weighted by Crippen LogP contribution is 2.34. The topological polar surface area (TPSA) is 52.7 Å². The fourth-order valence-electron chi connectivity index (χ4n) is 4.25. The molecule has 1 aromatic carbocycles. The molecule has 0 atom stereocenters. The van der Waals surface area contributed by atoms with Crippen LogP contribution in [-0.2, 0) is 7.05 Å². The van der Waals surface area contributed by atoms with E-state index in [2.05, 4.69) is 9.97 Å². The number of pyridine rings is 2. The number of halogens is 1. The first-order valence-electron chi connectivity index (χ1n) is 9.25. The summed E-state index contributed by atoms with van der Waals surface area (Å²) < 4.78 is 16.8. The Bertz CT molecular complexity index is 1220. The molecule has 0 N–H and O–H groups in total. The van der Waals surface area contributed by atoms with Crippen LogP contribution in [0.1, 0.15) is 31.7 Å². The van der Waals surface area contributed by atoms with Crippen LogP contribution in [0.15, 0.2) is 47.5 Å². The summed E-state index contributed by atoms with van der Waals surface area (Å²) in [7, 11) is 1.80. The van der Waals surface area contributed by atoms with Crippen LogP contribution in [0, 0.1) is 5.95 Å². The first-order valence-corrected chi connectivity index (χ1v) is 9.25. The number of aromatic nitrogens is 4. The molecule has 1 saturated carbocycles. The smallest absolute Gasteiger partial charge is 0.293 e. The highest BCUT2D eigenvalue weighted by Gasteiger charge is 2.24. The van der Waals surface area contributed by atoms with Crippen molar-refractivity contribution in [2.75, 3.05) is 0 Å². The molecule has 0 bridgehead atoms. The summed E-state index contributed by atoms with van der Waals surface area (Å²) in [6.45, 7) is 0. The molecule has 1 aliphatic carbocycles. The van der Waals surface area contributed by atoms with Crippen LogP contribution in [0.5, 0.6) is 0 Å². The summed E-state index contributed by atoms with van der Waals surface area (Å²) in [6.07, 6.45) is 7.68. The van der Waals surface area contributed by atoms with Gasteiger partial charge in [0.05, 0.1) is 22.7 Å². The third-order valence-corrected chi connectivity index (χ3v) is 5.67. The molecule has 136 valence electrons. The molecule has 5 rings (SSSR count). The highest BCUT2D eigenvalue weighted by molar-refractivity contribution is 6.04. The van der Waals surface area contributed by atoms with E-state index in [0.29, 0.717) is 0 Å². The molecule has 1 aliphatic rings. The molecule has 1 fully saturated rings. The summed E-state index contributed by atoms with van der Waals surface area (Å²) in [6, 6.07) is 9.25.